The van der Waals surface area contributed by atoms with Crippen molar-refractivity contribution in [2.24, 2.45) is 0 Å². The second kappa shape index (κ2) is 4.52. The van der Waals surface area contributed by atoms with E-state index in [1.807, 2.05) is 19.1 Å². The Labute approximate surface area is 107 Å². The summed E-state index contributed by atoms with van der Waals surface area (Å²) in [6, 6.07) is 3.76. The Kier molecular flexibility index (Phi) is 3.20. The number of rotatable bonds is 4. The molecule has 1 aromatic carbocycles. The van der Waals surface area contributed by atoms with Gasteiger partial charge in [-0.15, -0.1) is 0 Å². The molecule has 1 N–H and O–H groups in total. The van der Waals surface area contributed by atoms with Gasteiger partial charge in [-0.25, -0.2) is 0 Å². The molecule has 4 heteroatoms. The molecule has 1 aliphatic rings. The second-order valence-electron chi connectivity index (χ2n) is 4.79. The van der Waals surface area contributed by atoms with Gasteiger partial charge in [0.1, 0.15) is 0 Å². The highest BCUT2D eigenvalue weighted by molar-refractivity contribution is 5.84. The summed E-state index contributed by atoms with van der Waals surface area (Å²) in [5, 5.41) is 9.52. The molecule has 1 fully saturated rings. The molecule has 1 aliphatic carbocycles. The van der Waals surface area contributed by atoms with Crippen LogP contribution in [0.2, 0.25) is 0 Å². The fourth-order valence-corrected chi connectivity index (χ4v) is 2.59. The van der Waals surface area contributed by atoms with E-state index >= 15 is 0 Å². The summed E-state index contributed by atoms with van der Waals surface area (Å²) in [5.74, 6) is 0.366. The lowest BCUT2D eigenvalue weighted by Gasteiger charge is -2.39. The number of hydrogen-bond donors (Lipinski definition) is 1. The average Bonchev–Trinajstić information content (AvgIpc) is 2.26. The molecule has 0 spiro atoms. The maximum absolute atomic E-state index is 11.6. The Bertz CT molecular complexity index is 475. The van der Waals surface area contributed by atoms with Crippen molar-refractivity contribution in [2.45, 2.75) is 31.6 Å². The van der Waals surface area contributed by atoms with E-state index in [0.29, 0.717) is 24.3 Å². The highest BCUT2D eigenvalue weighted by atomic mass is 16.5. The van der Waals surface area contributed by atoms with Gasteiger partial charge < -0.3 is 14.6 Å². The largest absolute Gasteiger partial charge is 0.493 e. The Hall–Kier alpha value is -1.71. The van der Waals surface area contributed by atoms with Crippen molar-refractivity contribution in [2.75, 3.05) is 14.2 Å². The van der Waals surface area contributed by atoms with Gasteiger partial charge in [-0.05, 0) is 31.4 Å². The lowest BCUT2D eigenvalue weighted by Crippen LogP contribution is -2.42. The number of ether oxygens (including phenoxy) is 2. The minimum atomic E-state index is -0.801. The zero-order chi connectivity index (χ0) is 13.3. The molecule has 0 unspecified atom stereocenters. The molecular formula is C14H18O4. The first-order valence-corrected chi connectivity index (χ1v) is 6.01. The van der Waals surface area contributed by atoms with Crippen LogP contribution in [-0.2, 0) is 10.2 Å². The van der Waals surface area contributed by atoms with Crippen LogP contribution in [0.1, 0.15) is 30.4 Å². The quantitative estimate of drug-likeness (QED) is 0.892. The number of benzene rings is 1. The molecule has 0 aliphatic heterocycles. The first-order chi connectivity index (χ1) is 8.55. The minimum absolute atomic E-state index is 0.546. The fraction of sp³-hybridized carbons (Fsp3) is 0.500. The topological polar surface area (TPSA) is 55.8 Å². The maximum Gasteiger partial charge on any atom is 0.314 e. The van der Waals surface area contributed by atoms with Crippen LogP contribution in [0.25, 0.3) is 0 Å². The Morgan fingerprint density at radius 2 is 1.94 bits per heavy atom. The second-order valence-corrected chi connectivity index (χ2v) is 4.79. The molecule has 0 radical (unpaired) electrons. The van der Waals surface area contributed by atoms with Crippen molar-refractivity contribution in [3.63, 3.8) is 0 Å². The summed E-state index contributed by atoms with van der Waals surface area (Å²) in [6.07, 6.45) is 2.25. The third-order valence-electron chi connectivity index (χ3n) is 3.76. The third-order valence-corrected chi connectivity index (χ3v) is 3.76. The highest BCUT2D eigenvalue weighted by Crippen LogP contribution is 2.50. The molecular weight excluding hydrogens is 232 g/mol. The van der Waals surface area contributed by atoms with Crippen molar-refractivity contribution in [3.8, 4) is 11.5 Å². The Balaban J connectivity index is 2.62. The fourth-order valence-electron chi connectivity index (χ4n) is 2.59. The maximum atomic E-state index is 11.6. The molecule has 1 aromatic rings. The SMILES string of the molecule is COc1cc(C)cc(C2(C(=O)O)CCC2)c1OC. The van der Waals surface area contributed by atoms with E-state index in [4.69, 9.17) is 9.47 Å². The summed E-state index contributed by atoms with van der Waals surface area (Å²) in [5.41, 5.74) is 0.917. The van der Waals surface area contributed by atoms with Crippen LogP contribution in [-0.4, -0.2) is 25.3 Å². The molecule has 4 nitrogen and oxygen atoms in total. The van der Waals surface area contributed by atoms with Gasteiger partial charge in [0, 0.05) is 5.56 Å². The van der Waals surface area contributed by atoms with E-state index in [1.165, 1.54) is 0 Å². The molecule has 0 amide bonds. The standard InChI is InChI=1S/C14H18O4/c1-9-7-10(12(18-3)11(8-9)17-2)14(13(15)16)5-4-6-14/h7-8H,4-6H2,1-3H3,(H,15,16). The van der Waals surface area contributed by atoms with Crippen molar-refractivity contribution in [1.29, 1.82) is 0 Å². The number of aryl methyl sites for hydroxylation is 1. The Morgan fingerprint density at radius 1 is 1.28 bits per heavy atom. The van der Waals surface area contributed by atoms with Gasteiger partial charge >= 0.3 is 5.97 Å². The van der Waals surface area contributed by atoms with Crippen LogP contribution < -0.4 is 9.47 Å². The van der Waals surface area contributed by atoms with Crippen molar-refractivity contribution < 1.29 is 19.4 Å². The van der Waals surface area contributed by atoms with E-state index in [9.17, 15) is 9.90 Å². The van der Waals surface area contributed by atoms with E-state index in [0.717, 1.165) is 17.5 Å². The van der Waals surface area contributed by atoms with Crippen LogP contribution >= 0.6 is 0 Å². The van der Waals surface area contributed by atoms with Gasteiger partial charge in [0.25, 0.3) is 0 Å². The zero-order valence-corrected chi connectivity index (χ0v) is 10.9. The molecule has 18 heavy (non-hydrogen) atoms. The smallest absolute Gasteiger partial charge is 0.314 e. The van der Waals surface area contributed by atoms with E-state index in [1.54, 1.807) is 14.2 Å². The number of hydrogen-bond acceptors (Lipinski definition) is 3. The predicted octanol–water partition coefficient (Wildman–Crippen LogP) is 2.52. The van der Waals surface area contributed by atoms with Gasteiger partial charge in [-0.2, -0.15) is 0 Å². The van der Waals surface area contributed by atoms with E-state index < -0.39 is 11.4 Å². The lowest BCUT2D eigenvalue weighted by molar-refractivity contribution is -0.147. The zero-order valence-electron chi connectivity index (χ0n) is 10.9. The number of carboxylic acid groups (broad SMARTS) is 1. The molecule has 0 heterocycles. The van der Waals surface area contributed by atoms with Crippen LogP contribution in [0.4, 0.5) is 0 Å². The first-order valence-electron chi connectivity index (χ1n) is 6.01. The van der Waals surface area contributed by atoms with Crippen molar-refractivity contribution in [1.82, 2.24) is 0 Å². The van der Waals surface area contributed by atoms with Gasteiger partial charge in [-0.3, -0.25) is 4.79 Å². The van der Waals surface area contributed by atoms with Crippen LogP contribution in [0, 0.1) is 6.92 Å². The molecule has 1 saturated carbocycles. The van der Waals surface area contributed by atoms with Crippen LogP contribution in [0.5, 0.6) is 11.5 Å². The van der Waals surface area contributed by atoms with Crippen molar-refractivity contribution in [3.05, 3.63) is 23.3 Å². The van der Waals surface area contributed by atoms with E-state index in [-0.39, 0.29) is 0 Å². The van der Waals surface area contributed by atoms with Gasteiger partial charge in [-0.1, -0.05) is 12.5 Å². The summed E-state index contributed by atoms with van der Waals surface area (Å²) in [7, 11) is 3.11. The Morgan fingerprint density at radius 3 is 2.33 bits per heavy atom. The van der Waals surface area contributed by atoms with Gasteiger partial charge in [0.05, 0.1) is 19.6 Å². The third kappa shape index (κ3) is 1.72. The summed E-state index contributed by atoms with van der Waals surface area (Å²) >= 11 is 0. The van der Waals surface area contributed by atoms with Gasteiger partial charge in [0.15, 0.2) is 11.5 Å². The minimum Gasteiger partial charge on any atom is -0.493 e. The molecule has 0 bridgehead atoms. The number of carbonyl (C=O) groups is 1. The van der Waals surface area contributed by atoms with E-state index in [2.05, 4.69) is 0 Å². The van der Waals surface area contributed by atoms with Crippen molar-refractivity contribution >= 4 is 5.97 Å². The first kappa shape index (κ1) is 12.7. The summed E-state index contributed by atoms with van der Waals surface area (Å²) in [4.78, 5) is 11.6. The molecule has 0 saturated heterocycles. The monoisotopic (exact) mass is 250 g/mol. The van der Waals surface area contributed by atoms with Gasteiger partial charge in [0.2, 0.25) is 0 Å². The predicted molar refractivity (Wildman–Crippen MR) is 67.4 cm³/mol. The highest BCUT2D eigenvalue weighted by Gasteiger charge is 2.48. The molecule has 98 valence electrons. The normalized spacial score (nSPS) is 16.8. The van der Waals surface area contributed by atoms with Crippen LogP contribution in [0.15, 0.2) is 12.1 Å². The average molecular weight is 250 g/mol. The lowest BCUT2D eigenvalue weighted by atomic mass is 9.64. The molecule has 0 aromatic heterocycles. The number of methoxy groups -OCH3 is 2. The molecule has 2 rings (SSSR count). The van der Waals surface area contributed by atoms with Crippen LogP contribution in [0.3, 0.4) is 0 Å². The summed E-state index contributed by atoms with van der Waals surface area (Å²) < 4.78 is 10.6. The summed E-state index contributed by atoms with van der Waals surface area (Å²) in [6.45, 7) is 1.93. The molecule has 0 atom stereocenters. The number of aliphatic carboxylic acids is 1. The number of carboxylic acids is 1.